The number of terminal acetylenes is 1. The molecule has 0 aliphatic rings. The third-order valence-corrected chi connectivity index (χ3v) is 6.41. The number of alkyl carbamates (subject to hydrolysis) is 1. The molecule has 0 heterocycles. The van der Waals surface area contributed by atoms with Gasteiger partial charge in [0.05, 0.1) is 0 Å². The lowest BCUT2D eigenvalue weighted by molar-refractivity contribution is -0.137. The molecule has 0 bridgehead atoms. The Labute approximate surface area is 230 Å². The SMILES string of the molecule is C#CN(C(=O)C(NC(=O)OC(C)(C)C)C(C)CC)C(C(=O)Nc1ccc2ccccc2c1)c1cccc(C)c1. The molecule has 0 fully saturated rings. The zero-order chi connectivity index (χ0) is 28.7. The Kier molecular flexibility index (Phi) is 9.37. The molecule has 0 radical (unpaired) electrons. The molecule has 39 heavy (non-hydrogen) atoms. The van der Waals surface area contributed by atoms with Crippen LogP contribution in [0.15, 0.2) is 66.7 Å². The van der Waals surface area contributed by atoms with Crippen LogP contribution < -0.4 is 10.6 Å². The highest BCUT2D eigenvalue weighted by Crippen LogP contribution is 2.27. The summed E-state index contributed by atoms with van der Waals surface area (Å²) in [5.74, 6) is -1.32. The Hall–Kier alpha value is -4.31. The molecule has 0 saturated carbocycles. The van der Waals surface area contributed by atoms with Gasteiger partial charge in [-0.25, -0.2) is 4.79 Å². The molecule has 3 rings (SSSR count). The van der Waals surface area contributed by atoms with E-state index in [1.807, 2.05) is 81.4 Å². The molecule has 3 atom stereocenters. The van der Waals surface area contributed by atoms with Crippen molar-refractivity contribution in [2.75, 3.05) is 5.32 Å². The summed E-state index contributed by atoms with van der Waals surface area (Å²) in [5, 5.41) is 7.62. The van der Waals surface area contributed by atoms with Crippen LogP contribution in [0.25, 0.3) is 10.8 Å². The number of amides is 3. The van der Waals surface area contributed by atoms with Gasteiger partial charge in [0.25, 0.3) is 11.8 Å². The van der Waals surface area contributed by atoms with E-state index in [1.54, 1.807) is 26.8 Å². The Morgan fingerprint density at radius 1 is 1.00 bits per heavy atom. The van der Waals surface area contributed by atoms with Gasteiger partial charge in [0, 0.05) is 11.7 Å². The molecular formula is C32H37N3O4. The van der Waals surface area contributed by atoms with E-state index in [9.17, 15) is 14.4 Å². The van der Waals surface area contributed by atoms with Crippen LogP contribution in [-0.4, -0.2) is 34.5 Å². The largest absolute Gasteiger partial charge is 0.444 e. The van der Waals surface area contributed by atoms with Crippen molar-refractivity contribution in [2.45, 2.75) is 65.6 Å². The highest BCUT2D eigenvalue weighted by atomic mass is 16.6. The lowest BCUT2D eigenvalue weighted by Crippen LogP contribution is -2.53. The highest BCUT2D eigenvalue weighted by molar-refractivity contribution is 6.01. The third kappa shape index (κ3) is 7.61. The Balaban J connectivity index is 1.99. The summed E-state index contributed by atoms with van der Waals surface area (Å²) in [4.78, 5) is 41.5. The summed E-state index contributed by atoms with van der Waals surface area (Å²) in [6.45, 7) is 10.9. The number of carbonyl (C=O) groups excluding carboxylic acids is 3. The van der Waals surface area contributed by atoms with Crippen LogP contribution in [0.4, 0.5) is 10.5 Å². The van der Waals surface area contributed by atoms with E-state index >= 15 is 0 Å². The zero-order valence-corrected chi connectivity index (χ0v) is 23.4. The van der Waals surface area contributed by atoms with Crippen molar-refractivity contribution in [3.05, 3.63) is 77.9 Å². The zero-order valence-electron chi connectivity index (χ0n) is 23.4. The van der Waals surface area contributed by atoms with Crippen molar-refractivity contribution < 1.29 is 19.1 Å². The minimum atomic E-state index is -1.14. The molecule has 2 N–H and O–H groups in total. The Morgan fingerprint density at radius 3 is 2.31 bits per heavy atom. The van der Waals surface area contributed by atoms with E-state index in [-0.39, 0.29) is 5.92 Å². The summed E-state index contributed by atoms with van der Waals surface area (Å²) in [6.07, 6.45) is 5.75. The molecule has 7 heteroatoms. The maximum atomic E-state index is 13.9. The molecule has 7 nitrogen and oxygen atoms in total. The van der Waals surface area contributed by atoms with E-state index in [4.69, 9.17) is 11.2 Å². The molecule has 0 aromatic heterocycles. The normalized spacial score (nSPS) is 13.5. The molecule has 3 aromatic carbocycles. The monoisotopic (exact) mass is 527 g/mol. The summed E-state index contributed by atoms with van der Waals surface area (Å²) >= 11 is 0. The fourth-order valence-electron chi connectivity index (χ4n) is 4.27. The molecule has 3 unspecified atom stereocenters. The lowest BCUT2D eigenvalue weighted by Gasteiger charge is -2.32. The van der Waals surface area contributed by atoms with E-state index < -0.39 is 35.6 Å². The van der Waals surface area contributed by atoms with Gasteiger partial charge in [-0.2, -0.15) is 0 Å². The minimum Gasteiger partial charge on any atom is -0.444 e. The Morgan fingerprint density at radius 2 is 1.69 bits per heavy atom. The number of nitrogens with one attached hydrogen (secondary N) is 2. The molecule has 0 spiro atoms. The summed E-state index contributed by atoms with van der Waals surface area (Å²) in [7, 11) is 0. The highest BCUT2D eigenvalue weighted by Gasteiger charge is 2.38. The van der Waals surface area contributed by atoms with Crippen LogP contribution in [0.3, 0.4) is 0 Å². The molecule has 0 saturated heterocycles. The van der Waals surface area contributed by atoms with Crippen molar-refractivity contribution in [3.63, 3.8) is 0 Å². The maximum Gasteiger partial charge on any atom is 0.408 e. The summed E-state index contributed by atoms with van der Waals surface area (Å²) in [5.41, 5.74) is 1.29. The number of rotatable bonds is 8. The first-order chi connectivity index (χ1) is 18.4. The standard InChI is InChI=1S/C32H37N3O4/c1-8-22(4)27(34-31(38)39-32(5,6)7)30(37)35(9-2)28(25-16-12-13-21(3)19-25)29(36)33-26-18-17-23-14-10-11-15-24(23)20-26/h2,10-20,22,27-28H,8H2,1,3-7H3,(H,33,36)(H,34,38). The molecule has 3 amide bonds. The number of fused-ring (bicyclic) bond motifs is 1. The smallest absolute Gasteiger partial charge is 0.408 e. The predicted octanol–water partition coefficient (Wildman–Crippen LogP) is 6.19. The van der Waals surface area contributed by atoms with Crippen LogP contribution in [0.1, 0.15) is 58.2 Å². The first-order valence-electron chi connectivity index (χ1n) is 13.1. The van der Waals surface area contributed by atoms with Gasteiger partial charge in [0.15, 0.2) is 0 Å². The van der Waals surface area contributed by atoms with Crippen molar-refractivity contribution in [1.82, 2.24) is 10.2 Å². The van der Waals surface area contributed by atoms with Crippen LogP contribution in [0.5, 0.6) is 0 Å². The topological polar surface area (TPSA) is 87.7 Å². The number of hydrogen-bond acceptors (Lipinski definition) is 4. The van der Waals surface area contributed by atoms with Crippen LogP contribution >= 0.6 is 0 Å². The molecular weight excluding hydrogens is 490 g/mol. The van der Waals surface area contributed by atoms with Crippen LogP contribution in [0, 0.1) is 25.3 Å². The van der Waals surface area contributed by atoms with E-state index in [2.05, 4.69) is 16.7 Å². The predicted molar refractivity (Wildman–Crippen MR) is 155 cm³/mol. The first-order valence-corrected chi connectivity index (χ1v) is 13.1. The summed E-state index contributed by atoms with van der Waals surface area (Å²) in [6, 6.07) is 21.0. The second-order valence-electron chi connectivity index (χ2n) is 10.7. The molecule has 0 aliphatic heterocycles. The van der Waals surface area contributed by atoms with Gasteiger partial charge in [-0.05, 0) is 62.1 Å². The number of hydrogen-bond donors (Lipinski definition) is 2. The van der Waals surface area contributed by atoms with Gasteiger partial charge in [0.1, 0.15) is 17.7 Å². The molecule has 3 aromatic rings. The second kappa shape index (κ2) is 12.5. The van der Waals surface area contributed by atoms with Gasteiger partial charge >= 0.3 is 6.09 Å². The maximum absolute atomic E-state index is 13.9. The number of anilines is 1. The molecule has 0 aliphatic carbocycles. The number of nitrogens with zero attached hydrogens (tertiary/aromatic N) is 1. The Bertz CT molecular complexity index is 1390. The van der Waals surface area contributed by atoms with Gasteiger partial charge < -0.3 is 15.4 Å². The van der Waals surface area contributed by atoms with Gasteiger partial charge in [-0.3, -0.25) is 14.5 Å². The molecule has 204 valence electrons. The van der Waals surface area contributed by atoms with E-state index in [1.165, 1.54) is 0 Å². The van der Waals surface area contributed by atoms with Gasteiger partial charge in [0.2, 0.25) is 0 Å². The summed E-state index contributed by atoms with van der Waals surface area (Å²) < 4.78 is 5.40. The number of benzene rings is 3. The van der Waals surface area contributed by atoms with Crippen molar-refractivity contribution in [2.24, 2.45) is 5.92 Å². The van der Waals surface area contributed by atoms with E-state index in [0.29, 0.717) is 17.7 Å². The second-order valence-corrected chi connectivity index (χ2v) is 10.7. The van der Waals surface area contributed by atoms with Crippen LogP contribution in [-0.2, 0) is 14.3 Å². The average Bonchev–Trinajstić information content (AvgIpc) is 2.88. The van der Waals surface area contributed by atoms with Crippen LogP contribution in [0.2, 0.25) is 0 Å². The number of carbonyl (C=O) groups is 3. The van der Waals surface area contributed by atoms with Gasteiger partial charge in [-0.1, -0.05) is 86.9 Å². The average molecular weight is 528 g/mol. The van der Waals surface area contributed by atoms with Crippen molar-refractivity contribution in [1.29, 1.82) is 0 Å². The minimum absolute atomic E-state index is 0.275. The van der Waals surface area contributed by atoms with Crippen molar-refractivity contribution in [3.8, 4) is 12.5 Å². The number of ether oxygens (including phenoxy) is 1. The quantitative estimate of drug-likeness (QED) is 0.270. The number of aryl methyl sites for hydroxylation is 1. The van der Waals surface area contributed by atoms with E-state index in [0.717, 1.165) is 21.2 Å². The first kappa shape index (κ1) is 29.2. The lowest BCUT2D eigenvalue weighted by atomic mass is 9.95. The third-order valence-electron chi connectivity index (χ3n) is 6.41. The van der Waals surface area contributed by atoms with Crippen molar-refractivity contribution >= 4 is 34.4 Å². The van der Waals surface area contributed by atoms with Gasteiger partial charge in [-0.15, -0.1) is 0 Å². The fourth-order valence-corrected chi connectivity index (χ4v) is 4.27. The fraction of sp³-hybridized carbons (Fsp3) is 0.344.